The minimum Gasteiger partial charge on any atom is -0.368 e. The van der Waals surface area contributed by atoms with Crippen LogP contribution in [-0.2, 0) is 6.54 Å². The van der Waals surface area contributed by atoms with Gasteiger partial charge in [0.05, 0.1) is 0 Å². The van der Waals surface area contributed by atoms with Gasteiger partial charge in [0, 0.05) is 44.0 Å². The summed E-state index contributed by atoms with van der Waals surface area (Å²) in [7, 11) is 4.17. The molecular weight excluding hydrogens is 310 g/mol. The third-order valence-corrected chi connectivity index (χ3v) is 4.61. The van der Waals surface area contributed by atoms with Gasteiger partial charge in [-0.1, -0.05) is 29.8 Å². The molecule has 0 radical (unpaired) electrons. The molecule has 1 fully saturated rings. The van der Waals surface area contributed by atoms with Gasteiger partial charge in [-0.15, -0.1) is 0 Å². The molecule has 132 valence electrons. The molecule has 0 bridgehead atoms. The summed E-state index contributed by atoms with van der Waals surface area (Å²) < 4.78 is 0. The average Bonchev–Trinajstić information content (AvgIpc) is 2.61. The van der Waals surface area contributed by atoms with Gasteiger partial charge in [0.1, 0.15) is 0 Å². The fraction of sp³-hybridized carbons (Fsp3) is 0.381. The lowest BCUT2D eigenvalue weighted by atomic mass is 10.1. The molecule has 4 nitrogen and oxygen atoms in total. The molecule has 25 heavy (non-hydrogen) atoms. The minimum atomic E-state index is 0.143. The standard InChI is InChI=1S/C21H27N3O/c1-17-6-4-8-19(14-17)21(25)24-12-10-23(11-13-24)20-9-5-7-18(15-20)16-22(2)3/h4-9,14-15H,10-13,16H2,1-3H3. The van der Waals surface area contributed by atoms with E-state index in [1.54, 1.807) is 0 Å². The van der Waals surface area contributed by atoms with Crippen molar-refractivity contribution in [2.75, 3.05) is 45.2 Å². The molecule has 3 rings (SSSR count). The molecule has 1 saturated heterocycles. The second-order valence-electron chi connectivity index (χ2n) is 7.06. The molecule has 2 aromatic carbocycles. The fourth-order valence-electron chi connectivity index (χ4n) is 3.35. The molecular formula is C21H27N3O. The maximum Gasteiger partial charge on any atom is 0.253 e. The molecule has 0 saturated carbocycles. The van der Waals surface area contributed by atoms with Gasteiger partial charge in [-0.2, -0.15) is 0 Å². The number of nitrogens with zero attached hydrogens (tertiary/aromatic N) is 3. The van der Waals surface area contributed by atoms with Crippen LogP contribution < -0.4 is 4.90 Å². The largest absolute Gasteiger partial charge is 0.368 e. The number of hydrogen-bond donors (Lipinski definition) is 0. The molecule has 0 unspecified atom stereocenters. The van der Waals surface area contributed by atoms with E-state index in [-0.39, 0.29) is 5.91 Å². The van der Waals surface area contributed by atoms with E-state index in [0.717, 1.165) is 43.9 Å². The summed E-state index contributed by atoms with van der Waals surface area (Å²) in [6.45, 7) is 6.26. The number of benzene rings is 2. The molecule has 1 heterocycles. The van der Waals surface area contributed by atoms with E-state index >= 15 is 0 Å². The lowest BCUT2D eigenvalue weighted by Crippen LogP contribution is -2.48. The van der Waals surface area contributed by atoms with Crippen LogP contribution in [0.5, 0.6) is 0 Å². The molecule has 1 aliphatic rings. The smallest absolute Gasteiger partial charge is 0.253 e. The molecule has 0 N–H and O–H groups in total. The Morgan fingerprint density at radius 1 is 1.00 bits per heavy atom. The van der Waals surface area contributed by atoms with Crippen molar-refractivity contribution in [1.29, 1.82) is 0 Å². The minimum absolute atomic E-state index is 0.143. The molecule has 0 spiro atoms. The van der Waals surface area contributed by atoms with E-state index < -0.39 is 0 Å². The number of piperazine rings is 1. The van der Waals surface area contributed by atoms with Crippen LogP contribution in [0.25, 0.3) is 0 Å². The highest BCUT2D eigenvalue weighted by Gasteiger charge is 2.22. The fourth-order valence-corrected chi connectivity index (χ4v) is 3.35. The zero-order valence-corrected chi connectivity index (χ0v) is 15.4. The van der Waals surface area contributed by atoms with Gasteiger partial charge in [0.25, 0.3) is 5.91 Å². The number of carbonyl (C=O) groups is 1. The van der Waals surface area contributed by atoms with Crippen molar-refractivity contribution in [3.05, 3.63) is 65.2 Å². The van der Waals surface area contributed by atoms with Crippen molar-refractivity contribution >= 4 is 11.6 Å². The van der Waals surface area contributed by atoms with E-state index in [2.05, 4.69) is 48.2 Å². The Hall–Kier alpha value is -2.33. The topological polar surface area (TPSA) is 26.8 Å². The Kier molecular flexibility index (Phi) is 5.39. The van der Waals surface area contributed by atoms with Gasteiger partial charge in [-0.25, -0.2) is 0 Å². The second kappa shape index (κ2) is 7.70. The van der Waals surface area contributed by atoms with Crippen molar-refractivity contribution in [2.24, 2.45) is 0 Å². The zero-order chi connectivity index (χ0) is 17.8. The summed E-state index contributed by atoms with van der Waals surface area (Å²) in [5, 5.41) is 0. The van der Waals surface area contributed by atoms with Crippen LogP contribution in [0.3, 0.4) is 0 Å². The van der Waals surface area contributed by atoms with Crippen LogP contribution in [0.4, 0.5) is 5.69 Å². The Balaban J connectivity index is 1.63. The Morgan fingerprint density at radius 2 is 1.72 bits per heavy atom. The van der Waals surface area contributed by atoms with Crippen LogP contribution in [0.1, 0.15) is 21.5 Å². The van der Waals surface area contributed by atoms with E-state index in [0.29, 0.717) is 0 Å². The SMILES string of the molecule is Cc1cccc(C(=O)N2CCN(c3cccc(CN(C)C)c3)CC2)c1. The van der Waals surface area contributed by atoms with Crippen LogP contribution in [0, 0.1) is 6.92 Å². The van der Waals surface area contributed by atoms with Crippen molar-refractivity contribution in [3.8, 4) is 0 Å². The normalized spacial score (nSPS) is 14.9. The summed E-state index contributed by atoms with van der Waals surface area (Å²) in [6, 6.07) is 16.6. The lowest BCUT2D eigenvalue weighted by Gasteiger charge is -2.36. The van der Waals surface area contributed by atoms with Gasteiger partial charge in [-0.3, -0.25) is 4.79 Å². The molecule has 1 aliphatic heterocycles. The van der Waals surface area contributed by atoms with Gasteiger partial charge >= 0.3 is 0 Å². The first-order valence-electron chi connectivity index (χ1n) is 8.87. The Bertz CT molecular complexity index is 733. The average molecular weight is 337 g/mol. The summed E-state index contributed by atoms with van der Waals surface area (Å²) in [5.41, 5.74) is 4.49. The predicted octanol–water partition coefficient (Wildman–Crippen LogP) is 3.02. The highest BCUT2D eigenvalue weighted by atomic mass is 16.2. The quantitative estimate of drug-likeness (QED) is 0.858. The molecule has 0 aromatic heterocycles. The first kappa shape index (κ1) is 17.5. The van der Waals surface area contributed by atoms with E-state index in [4.69, 9.17) is 0 Å². The maximum atomic E-state index is 12.7. The molecule has 2 aromatic rings. The van der Waals surface area contributed by atoms with Crippen molar-refractivity contribution in [1.82, 2.24) is 9.80 Å². The summed E-state index contributed by atoms with van der Waals surface area (Å²) in [6.07, 6.45) is 0. The summed E-state index contributed by atoms with van der Waals surface area (Å²) in [5.74, 6) is 0.143. The molecule has 1 amide bonds. The highest BCUT2D eigenvalue weighted by molar-refractivity contribution is 5.94. The van der Waals surface area contributed by atoms with E-state index in [1.807, 2.05) is 36.1 Å². The van der Waals surface area contributed by atoms with Crippen molar-refractivity contribution < 1.29 is 4.79 Å². The number of hydrogen-bond acceptors (Lipinski definition) is 3. The lowest BCUT2D eigenvalue weighted by molar-refractivity contribution is 0.0746. The van der Waals surface area contributed by atoms with Crippen LogP contribution in [0.15, 0.2) is 48.5 Å². The van der Waals surface area contributed by atoms with Gasteiger partial charge in [0.15, 0.2) is 0 Å². The van der Waals surface area contributed by atoms with E-state index in [1.165, 1.54) is 11.3 Å². The second-order valence-corrected chi connectivity index (χ2v) is 7.06. The van der Waals surface area contributed by atoms with Crippen LogP contribution in [-0.4, -0.2) is 56.0 Å². The first-order chi connectivity index (χ1) is 12.0. The Labute approximate surface area is 150 Å². The molecule has 0 atom stereocenters. The van der Waals surface area contributed by atoms with Gasteiger partial charge in [-0.05, 0) is 50.8 Å². The highest BCUT2D eigenvalue weighted by Crippen LogP contribution is 2.20. The number of amides is 1. The third-order valence-electron chi connectivity index (χ3n) is 4.61. The van der Waals surface area contributed by atoms with E-state index in [9.17, 15) is 4.79 Å². The van der Waals surface area contributed by atoms with Gasteiger partial charge in [0.2, 0.25) is 0 Å². The number of rotatable bonds is 4. The molecule has 4 heteroatoms. The molecule has 0 aliphatic carbocycles. The van der Waals surface area contributed by atoms with Crippen molar-refractivity contribution in [3.63, 3.8) is 0 Å². The Morgan fingerprint density at radius 3 is 2.40 bits per heavy atom. The number of carbonyl (C=O) groups excluding carboxylic acids is 1. The maximum absolute atomic E-state index is 12.7. The summed E-state index contributed by atoms with van der Waals surface area (Å²) >= 11 is 0. The van der Waals surface area contributed by atoms with Crippen LogP contribution >= 0.6 is 0 Å². The third kappa shape index (κ3) is 4.40. The first-order valence-corrected chi connectivity index (χ1v) is 8.87. The predicted molar refractivity (Wildman–Crippen MR) is 103 cm³/mol. The van der Waals surface area contributed by atoms with Gasteiger partial charge < -0.3 is 14.7 Å². The van der Waals surface area contributed by atoms with Crippen molar-refractivity contribution in [2.45, 2.75) is 13.5 Å². The van der Waals surface area contributed by atoms with Crippen LogP contribution in [0.2, 0.25) is 0 Å². The number of aryl methyl sites for hydroxylation is 1. The number of anilines is 1. The summed E-state index contributed by atoms with van der Waals surface area (Å²) in [4.78, 5) is 19.2. The zero-order valence-electron chi connectivity index (χ0n) is 15.4. The monoisotopic (exact) mass is 337 g/mol.